The molecule has 7 heteroatoms. The number of carboxylic acid groups (broad SMARTS) is 1. The van der Waals surface area contributed by atoms with E-state index in [1.807, 2.05) is 0 Å². The topological polar surface area (TPSA) is 87.0 Å². The Bertz CT molecular complexity index is 443. The Morgan fingerprint density at radius 3 is 2.94 bits per heavy atom. The van der Waals surface area contributed by atoms with Crippen molar-refractivity contribution in [1.29, 1.82) is 0 Å². The predicted octanol–water partition coefficient (Wildman–Crippen LogP) is 1.22. The first-order chi connectivity index (χ1) is 8.63. The minimum Gasteiger partial charge on any atom is -0.488 e. The quantitative estimate of drug-likeness (QED) is 0.756. The molecule has 1 atom stereocenters. The summed E-state index contributed by atoms with van der Waals surface area (Å²) < 4.78 is 5.39. The first-order valence-electron chi connectivity index (χ1n) is 5.57. The van der Waals surface area contributed by atoms with Crippen molar-refractivity contribution in [2.45, 2.75) is 23.8 Å². The van der Waals surface area contributed by atoms with E-state index in [9.17, 15) is 9.90 Å². The second kappa shape index (κ2) is 5.92. The number of rotatable bonds is 5. The lowest BCUT2D eigenvalue weighted by Gasteiger charge is -2.14. The van der Waals surface area contributed by atoms with Crippen LogP contribution in [0.2, 0.25) is 0 Å². The predicted molar refractivity (Wildman–Crippen MR) is 68.9 cm³/mol. The molecule has 1 unspecified atom stereocenters. The van der Waals surface area contributed by atoms with Gasteiger partial charge in [0.2, 0.25) is 0 Å². The highest BCUT2D eigenvalue weighted by Gasteiger charge is 2.26. The van der Waals surface area contributed by atoms with E-state index in [4.69, 9.17) is 14.9 Å². The molecule has 0 amide bonds. The summed E-state index contributed by atoms with van der Waals surface area (Å²) in [5.74, 6) is 0.282. The second-order valence-corrected chi connectivity index (χ2v) is 6.13. The molecule has 3 N–H and O–H groups in total. The summed E-state index contributed by atoms with van der Waals surface area (Å²) in [4.78, 5) is 13.3. The zero-order valence-electron chi connectivity index (χ0n) is 9.59. The molecule has 1 aliphatic rings. The number of fused-ring (bicyclic) bond motifs is 1. The van der Waals surface area contributed by atoms with E-state index in [1.165, 1.54) is 11.3 Å². The number of aliphatic hydroxyl groups excluding tert-OH is 2. The maximum Gasteiger partial charge on any atom is 0.349 e. The van der Waals surface area contributed by atoms with E-state index in [0.29, 0.717) is 5.75 Å². The summed E-state index contributed by atoms with van der Waals surface area (Å²) in [6, 6.07) is 0. The van der Waals surface area contributed by atoms with Gasteiger partial charge in [-0.1, -0.05) is 0 Å². The van der Waals surface area contributed by atoms with E-state index >= 15 is 0 Å². The van der Waals surface area contributed by atoms with Gasteiger partial charge in [-0.3, -0.25) is 0 Å². The van der Waals surface area contributed by atoms with Crippen LogP contribution in [-0.4, -0.2) is 46.4 Å². The van der Waals surface area contributed by atoms with Gasteiger partial charge in [-0.25, -0.2) is 4.79 Å². The molecule has 0 saturated carbocycles. The van der Waals surface area contributed by atoms with E-state index in [2.05, 4.69) is 0 Å². The Morgan fingerprint density at radius 2 is 2.28 bits per heavy atom. The van der Waals surface area contributed by atoms with Crippen LogP contribution >= 0.6 is 23.1 Å². The number of carbonyl (C=O) groups is 1. The van der Waals surface area contributed by atoms with Crippen molar-refractivity contribution in [2.24, 2.45) is 0 Å². The normalized spacial score (nSPS) is 16.1. The van der Waals surface area contributed by atoms with Crippen LogP contribution < -0.4 is 4.74 Å². The van der Waals surface area contributed by atoms with Crippen LogP contribution in [0.15, 0.2) is 4.90 Å². The number of hydrogen-bond acceptors (Lipinski definition) is 6. The van der Waals surface area contributed by atoms with Gasteiger partial charge in [0.25, 0.3) is 0 Å². The highest BCUT2D eigenvalue weighted by molar-refractivity contribution is 7.99. The average molecular weight is 290 g/mol. The van der Waals surface area contributed by atoms with Gasteiger partial charge < -0.3 is 20.1 Å². The van der Waals surface area contributed by atoms with Gasteiger partial charge in [0.05, 0.1) is 11.5 Å². The number of thiophene rings is 1. The number of ether oxygens (including phenoxy) is 1. The molecular weight excluding hydrogens is 276 g/mol. The molecule has 2 rings (SSSR count). The third kappa shape index (κ3) is 2.80. The number of aliphatic hydroxyl groups is 2. The highest BCUT2D eigenvalue weighted by atomic mass is 32.2. The van der Waals surface area contributed by atoms with Gasteiger partial charge >= 0.3 is 5.97 Å². The number of hydrogen-bond donors (Lipinski definition) is 3. The Hall–Kier alpha value is -0.760. The minimum absolute atomic E-state index is 0.0967. The molecule has 0 radical (unpaired) electrons. The van der Waals surface area contributed by atoms with Gasteiger partial charge in [-0.15, -0.1) is 23.1 Å². The van der Waals surface area contributed by atoms with Gasteiger partial charge in [-0.05, 0) is 18.6 Å². The van der Waals surface area contributed by atoms with Gasteiger partial charge in [-0.2, -0.15) is 0 Å². The van der Waals surface area contributed by atoms with Crippen molar-refractivity contribution in [3.63, 3.8) is 0 Å². The third-order valence-electron chi connectivity index (χ3n) is 2.51. The Morgan fingerprint density at radius 1 is 1.50 bits per heavy atom. The highest BCUT2D eigenvalue weighted by Crippen LogP contribution is 2.45. The lowest BCUT2D eigenvalue weighted by molar-refractivity contribution is 0.0513. The molecule has 0 saturated heterocycles. The van der Waals surface area contributed by atoms with Crippen LogP contribution in [0.5, 0.6) is 5.75 Å². The second-order valence-electron chi connectivity index (χ2n) is 3.92. The largest absolute Gasteiger partial charge is 0.488 e. The molecule has 0 aliphatic carbocycles. The van der Waals surface area contributed by atoms with Crippen LogP contribution in [0.1, 0.15) is 21.0 Å². The SMILES string of the molecule is O=C(O)c1sc2c(c1OCC(O)CO)SCCC2. The number of carboxylic acids is 1. The molecule has 5 nitrogen and oxygen atoms in total. The van der Waals surface area contributed by atoms with Crippen LogP contribution in [0.25, 0.3) is 0 Å². The fourth-order valence-electron chi connectivity index (χ4n) is 1.67. The van der Waals surface area contributed by atoms with Crippen LogP contribution in [0, 0.1) is 0 Å². The molecular formula is C11H14O5S2. The molecule has 18 heavy (non-hydrogen) atoms. The van der Waals surface area contributed by atoms with Crippen LogP contribution in [0.4, 0.5) is 0 Å². The lowest BCUT2D eigenvalue weighted by Crippen LogP contribution is -2.21. The number of thioether (sulfide) groups is 1. The minimum atomic E-state index is -1.01. The summed E-state index contributed by atoms with van der Waals surface area (Å²) in [6.07, 6.45) is 0.922. The molecule has 1 aromatic heterocycles. The van der Waals surface area contributed by atoms with Gasteiger partial charge in [0.1, 0.15) is 12.7 Å². The zero-order chi connectivity index (χ0) is 13.1. The van der Waals surface area contributed by atoms with Crippen molar-refractivity contribution < 1.29 is 24.9 Å². The van der Waals surface area contributed by atoms with Gasteiger partial charge in [0, 0.05) is 4.88 Å². The van der Waals surface area contributed by atoms with E-state index < -0.39 is 18.7 Å². The lowest BCUT2D eigenvalue weighted by atomic mass is 10.2. The van der Waals surface area contributed by atoms with Crippen molar-refractivity contribution in [3.05, 3.63) is 9.75 Å². The molecule has 0 fully saturated rings. The molecule has 0 aromatic carbocycles. The van der Waals surface area contributed by atoms with E-state index in [-0.39, 0.29) is 11.5 Å². The van der Waals surface area contributed by atoms with Crippen molar-refractivity contribution >= 4 is 29.1 Å². The van der Waals surface area contributed by atoms with Crippen molar-refractivity contribution in [2.75, 3.05) is 19.0 Å². The van der Waals surface area contributed by atoms with Crippen LogP contribution in [-0.2, 0) is 6.42 Å². The smallest absolute Gasteiger partial charge is 0.349 e. The van der Waals surface area contributed by atoms with Gasteiger partial charge in [0.15, 0.2) is 10.6 Å². The molecule has 1 aliphatic heterocycles. The first-order valence-corrected chi connectivity index (χ1v) is 7.37. The number of aromatic carboxylic acids is 1. The first kappa shape index (κ1) is 13.7. The Kier molecular flexibility index (Phi) is 4.50. The van der Waals surface area contributed by atoms with E-state index in [1.54, 1.807) is 11.8 Å². The molecule has 2 heterocycles. The average Bonchev–Trinajstić information content (AvgIpc) is 2.75. The summed E-state index contributed by atoms with van der Waals surface area (Å²) in [7, 11) is 0. The standard InChI is InChI=1S/C11H14O5S2/c12-4-6(13)5-16-8-9-7(2-1-3-17-9)18-10(8)11(14)15/h6,12-13H,1-5H2,(H,14,15). The molecule has 1 aromatic rings. The fourth-order valence-corrected chi connectivity index (χ4v) is 4.10. The zero-order valence-corrected chi connectivity index (χ0v) is 11.2. The number of aryl methyl sites for hydroxylation is 1. The Labute approximate surface area is 112 Å². The summed E-state index contributed by atoms with van der Waals surface area (Å²) in [5, 5.41) is 27.1. The van der Waals surface area contributed by atoms with Crippen LogP contribution in [0.3, 0.4) is 0 Å². The summed E-state index contributed by atoms with van der Waals surface area (Å²) in [5.41, 5.74) is 0. The molecule has 0 bridgehead atoms. The maximum atomic E-state index is 11.2. The maximum absolute atomic E-state index is 11.2. The molecule has 0 spiro atoms. The molecule has 100 valence electrons. The van der Waals surface area contributed by atoms with Crippen molar-refractivity contribution in [1.82, 2.24) is 0 Å². The van der Waals surface area contributed by atoms with Crippen molar-refractivity contribution in [3.8, 4) is 5.75 Å². The fraction of sp³-hybridized carbons (Fsp3) is 0.545. The van der Waals surface area contributed by atoms with E-state index in [0.717, 1.165) is 28.4 Å². The summed E-state index contributed by atoms with van der Waals surface area (Å²) in [6.45, 7) is -0.498. The monoisotopic (exact) mass is 290 g/mol. The third-order valence-corrected chi connectivity index (χ3v) is 5.07. The summed E-state index contributed by atoms with van der Waals surface area (Å²) >= 11 is 2.83. The Balaban J connectivity index is 2.25.